The van der Waals surface area contributed by atoms with Crippen molar-refractivity contribution in [3.8, 4) is 0 Å². The van der Waals surface area contributed by atoms with Gasteiger partial charge < -0.3 is 10.6 Å². The van der Waals surface area contributed by atoms with Crippen LogP contribution in [0.25, 0.3) is 0 Å². The number of pyridine rings is 1. The van der Waals surface area contributed by atoms with Crippen LogP contribution in [0.3, 0.4) is 0 Å². The van der Waals surface area contributed by atoms with Gasteiger partial charge in [-0.15, -0.1) is 0 Å². The minimum absolute atomic E-state index is 0.101. The molecule has 2 aliphatic rings. The van der Waals surface area contributed by atoms with Crippen LogP contribution < -0.4 is 11.3 Å². The number of carbonyl (C=O) groups excluding carboxylic acids is 2. The van der Waals surface area contributed by atoms with E-state index in [0.717, 1.165) is 12.8 Å². The van der Waals surface area contributed by atoms with E-state index in [1.54, 1.807) is 13.3 Å². The van der Waals surface area contributed by atoms with E-state index in [1.807, 2.05) is 0 Å². The van der Waals surface area contributed by atoms with Crippen molar-refractivity contribution in [3.63, 3.8) is 0 Å². The number of primary amides is 1. The Morgan fingerprint density at radius 1 is 1.36 bits per heavy atom. The lowest BCUT2D eigenvalue weighted by Gasteiger charge is -2.44. The second kappa shape index (κ2) is 4.77. The van der Waals surface area contributed by atoms with E-state index >= 15 is 0 Å². The summed E-state index contributed by atoms with van der Waals surface area (Å²) in [5, 5.41) is 0. The van der Waals surface area contributed by atoms with E-state index in [1.165, 1.54) is 21.6 Å². The fraction of sp³-hybridized carbons (Fsp3) is 0.500. The number of rotatable bonds is 3. The minimum atomic E-state index is -1.33. The molecular formula is C14H17N3O4S. The molecule has 1 fully saturated rings. The third-order valence-electron chi connectivity index (χ3n) is 4.63. The maximum atomic E-state index is 12.6. The molecule has 0 aromatic carbocycles. The third kappa shape index (κ3) is 1.86. The van der Waals surface area contributed by atoms with Gasteiger partial charge in [-0.25, -0.2) is 0 Å². The number of likely N-dealkylation sites (N-methyl/N-ethyl adjacent to an activating group) is 1. The zero-order valence-corrected chi connectivity index (χ0v) is 13.2. The molecule has 1 aliphatic carbocycles. The minimum Gasteiger partial charge on any atom is -0.365 e. The Labute approximate surface area is 129 Å². The smallest absolute Gasteiger partial charge is 0.271 e. The first kappa shape index (κ1) is 15.0. The number of hydrogen-bond acceptors (Lipinski definition) is 4. The highest BCUT2D eigenvalue weighted by Gasteiger charge is 2.56. The fourth-order valence-electron chi connectivity index (χ4n) is 3.24. The lowest BCUT2D eigenvalue weighted by molar-refractivity contribution is 0.0556. The zero-order valence-electron chi connectivity index (χ0n) is 12.4. The summed E-state index contributed by atoms with van der Waals surface area (Å²) in [5.41, 5.74) is 4.64. The topological polar surface area (TPSA) is 102 Å². The lowest BCUT2D eigenvalue weighted by Crippen LogP contribution is -2.62. The molecule has 2 amide bonds. The second-order valence-corrected chi connectivity index (χ2v) is 7.44. The van der Waals surface area contributed by atoms with E-state index in [4.69, 9.17) is 5.73 Å². The van der Waals surface area contributed by atoms with Crippen molar-refractivity contribution in [2.75, 3.05) is 13.3 Å². The molecule has 0 radical (unpaired) electrons. The van der Waals surface area contributed by atoms with Gasteiger partial charge >= 0.3 is 0 Å². The van der Waals surface area contributed by atoms with Gasteiger partial charge in [-0.2, -0.15) is 0 Å². The summed E-state index contributed by atoms with van der Waals surface area (Å²) in [7, 11) is 0.290. The Morgan fingerprint density at radius 2 is 2.00 bits per heavy atom. The molecule has 1 aromatic heterocycles. The van der Waals surface area contributed by atoms with Crippen LogP contribution >= 0.6 is 0 Å². The van der Waals surface area contributed by atoms with Crippen LogP contribution in [0.4, 0.5) is 0 Å². The van der Waals surface area contributed by atoms with Gasteiger partial charge in [-0.3, -0.25) is 23.2 Å². The summed E-state index contributed by atoms with van der Waals surface area (Å²) >= 11 is 0. The molecule has 0 spiro atoms. The highest BCUT2D eigenvalue weighted by atomic mass is 32.2. The molecule has 2 unspecified atom stereocenters. The number of amides is 2. The molecule has 8 heteroatoms. The van der Waals surface area contributed by atoms with Gasteiger partial charge in [0.15, 0.2) is 0 Å². The standard InChI is InChI=1S/C14H17N3O4S/c1-16-13(20)10-6-5-9(11(15)18)12(19)17(10)7-14(16,22(2)21)8-3-4-8/h5-6,8H,3-4,7H2,1-2H3,(H2,15,18). The molecular weight excluding hydrogens is 306 g/mol. The van der Waals surface area contributed by atoms with Gasteiger partial charge in [-0.05, 0) is 30.9 Å². The first-order valence-corrected chi connectivity index (χ1v) is 8.52. The summed E-state index contributed by atoms with van der Waals surface area (Å²) < 4.78 is 13.7. The first-order valence-electron chi connectivity index (χ1n) is 6.96. The number of hydrogen-bond donors (Lipinski definition) is 1. The summed E-state index contributed by atoms with van der Waals surface area (Å²) in [6, 6.07) is 2.70. The van der Waals surface area contributed by atoms with E-state index in [0.29, 0.717) is 0 Å². The van der Waals surface area contributed by atoms with Crippen LogP contribution in [0.15, 0.2) is 16.9 Å². The second-order valence-electron chi connectivity index (χ2n) is 5.83. The normalized spacial score (nSPS) is 25.7. The van der Waals surface area contributed by atoms with E-state index in [9.17, 15) is 18.6 Å². The van der Waals surface area contributed by atoms with E-state index in [2.05, 4.69) is 0 Å². The number of fused-ring (bicyclic) bond motifs is 1. The quantitative estimate of drug-likeness (QED) is 0.811. The van der Waals surface area contributed by atoms with Gasteiger partial charge in [0.2, 0.25) is 0 Å². The molecule has 22 heavy (non-hydrogen) atoms. The molecule has 7 nitrogen and oxygen atoms in total. The van der Waals surface area contributed by atoms with E-state index in [-0.39, 0.29) is 29.6 Å². The summed E-state index contributed by atoms with van der Waals surface area (Å²) in [6.07, 6.45) is 3.30. The monoisotopic (exact) mass is 323 g/mol. The summed E-state index contributed by atoms with van der Waals surface area (Å²) in [5.74, 6) is -1.09. The summed E-state index contributed by atoms with van der Waals surface area (Å²) in [6.45, 7) is 0.123. The average Bonchev–Trinajstić information content (AvgIpc) is 3.27. The third-order valence-corrected chi connectivity index (χ3v) is 6.36. The van der Waals surface area contributed by atoms with Crippen molar-refractivity contribution in [1.82, 2.24) is 9.47 Å². The molecule has 0 saturated heterocycles. The van der Waals surface area contributed by atoms with Crippen LogP contribution in [-0.4, -0.2) is 43.7 Å². The number of carbonyl (C=O) groups is 2. The number of nitrogens with zero attached hydrogens (tertiary/aromatic N) is 2. The maximum Gasteiger partial charge on any atom is 0.271 e. The van der Waals surface area contributed by atoms with Gasteiger partial charge in [0.25, 0.3) is 17.4 Å². The Balaban J connectivity index is 2.24. The van der Waals surface area contributed by atoms with Crippen molar-refractivity contribution in [3.05, 3.63) is 33.7 Å². The Bertz CT molecular complexity index is 768. The van der Waals surface area contributed by atoms with Gasteiger partial charge in [0, 0.05) is 24.1 Å². The molecule has 3 rings (SSSR count). The number of nitrogens with two attached hydrogens (primary N) is 1. The van der Waals surface area contributed by atoms with Crippen molar-refractivity contribution < 1.29 is 13.8 Å². The van der Waals surface area contributed by atoms with Crippen LogP contribution in [0, 0.1) is 5.92 Å². The van der Waals surface area contributed by atoms with E-state index < -0.39 is 27.1 Å². The van der Waals surface area contributed by atoms with Crippen molar-refractivity contribution in [1.29, 1.82) is 0 Å². The van der Waals surface area contributed by atoms with Gasteiger partial charge in [0.1, 0.15) is 16.1 Å². The SMILES string of the molecule is CN1C(=O)c2ccc(C(N)=O)c(=O)n2CC1(C1CC1)S(C)=O. The highest BCUT2D eigenvalue weighted by Crippen LogP contribution is 2.47. The Kier molecular flexibility index (Phi) is 3.24. The molecule has 2 heterocycles. The molecule has 1 saturated carbocycles. The van der Waals surface area contributed by atoms with Gasteiger partial charge in [0.05, 0.1) is 6.54 Å². The first-order chi connectivity index (χ1) is 10.3. The maximum absolute atomic E-state index is 12.6. The van der Waals surface area contributed by atoms with Crippen LogP contribution in [0.2, 0.25) is 0 Å². The molecule has 1 aromatic rings. The molecule has 2 atom stereocenters. The molecule has 118 valence electrons. The van der Waals surface area contributed by atoms with Crippen LogP contribution in [-0.2, 0) is 17.3 Å². The van der Waals surface area contributed by atoms with Crippen LogP contribution in [0.1, 0.15) is 33.7 Å². The highest BCUT2D eigenvalue weighted by molar-refractivity contribution is 7.85. The van der Waals surface area contributed by atoms with Gasteiger partial charge in [-0.1, -0.05) is 0 Å². The van der Waals surface area contributed by atoms with Crippen molar-refractivity contribution in [2.24, 2.45) is 11.7 Å². The lowest BCUT2D eigenvalue weighted by atomic mass is 10.0. The number of aromatic nitrogens is 1. The largest absolute Gasteiger partial charge is 0.365 e. The predicted octanol–water partition coefficient (Wildman–Crippen LogP) is -0.482. The van der Waals surface area contributed by atoms with Crippen LogP contribution in [0.5, 0.6) is 0 Å². The Hall–Kier alpha value is -1.96. The predicted molar refractivity (Wildman–Crippen MR) is 80.8 cm³/mol. The molecule has 0 bridgehead atoms. The molecule has 2 N–H and O–H groups in total. The Morgan fingerprint density at radius 3 is 2.50 bits per heavy atom. The fourth-order valence-corrected chi connectivity index (χ4v) is 4.73. The summed E-state index contributed by atoms with van der Waals surface area (Å²) in [4.78, 5) is 37.0. The van der Waals surface area contributed by atoms with Crippen molar-refractivity contribution in [2.45, 2.75) is 24.3 Å². The van der Waals surface area contributed by atoms with Crippen molar-refractivity contribution >= 4 is 22.6 Å². The zero-order chi connectivity index (χ0) is 16.2. The average molecular weight is 323 g/mol. The molecule has 1 aliphatic heterocycles.